The SMILES string of the molecule is Cl.NC1CCC(N[C@H]2[C@H]3Cc4ccccc4[C@H]32)CC1. The lowest BCUT2D eigenvalue weighted by Crippen LogP contribution is -2.39. The van der Waals surface area contributed by atoms with Crippen LogP contribution in [0.2, 0.25) is 0 Å². The van der Waals surface area contributed by atoms with E-state index in [1.54, 1.807) is 11.1 Å². The summed E-state index contributed by atoms with van der Waals surface area (Å²) in [7, 11) is 0. The minimum absolute atomic E-state index is 0. The Morgan fingerprint density at radius 1 is 1.05 bits per heavy atom. The van der Waals surface area contributed by atoms with Crippen LogP contribution < -0.4 is 11.1 Å². The number of nitrogens with one attached hydrogen (secondary N) is 1. The molecule has 2 saturated carbocycles. The van der Waals surface area contributed by atoms with Crippen LogP contribution in [0.1, 0.15) is 42.7 Å². The minimum atomic E-state index is 0. The Morgan fingerprint density at radius 3 is 2.58 bits per heavy atom. The van der Waals surface area contributed by atoms with Gasteiger partial charge < -0.3 is 11.1 Å². The van der Waals surface area contributed by atoms with Gasteiger partial charge in [0, 0.05) is 24.0 Å². The third-order valence-corrected chi connectivity index (χ3v) is 5.24. The molecule has 3 N–H and O–H groups in total. The van der Waals surface area contributed by atoms with Crippen LogP contribution in [0.5, 0.6) is 0 Å². The van der Waals surface area contributed by atoms with E-state index in [2.05, 4.69) is 29.6 Å². The quantitative estimate of drug-likeness (QED) is 0.873. The standard InChI is InChI=1S/C16H22N2.ClH/c17-11-5-7-12(8-6-11)18-16-14-9-10-3-1-2-4-13(10)15(14)16;/h1-4,11-12,14-16,18H,5-9,17H2;1H/t11?,12?,14-,15+,16-;/m0./s1. The second kappa shape index (κ2) is 5.08. The fraction of sp³-hybridized carbons (Fsp3) is 0.625. The summed E-state index contributed by atoms with van der Waals surface area (Å²) in [6, 6.07) is 11.0. The van der Waals surface area contributed by atoms with Gasteiger partial charge in [0.1, 0.15) is 0 Å². The van der Waals surface area contributed by atoms with E-state index in [4.69, 9.17) is 5.73 Å². The van der Waals surface area contributed by atoms with Crippen molar-refractivity contribution in [1.29, 1.82) is 0 Å². The molecule has 3 aliphatic rings. The van der Waals surface area contributed by atoms with Crippen LogP contribution in [0, 0.1) is 5.92 Å². The lowest BCUT2D eigenvalue weighted by atomic mass is 9.91. The van der Waals surface area contributed by atoms with Gasteiger partial charge in [-0.2, -0.15) is 0 Å². The van der Waals surface area contributed by atoms with Crippen LogP contribution in [0.3, 0.4) is 0 Å². The normalized spacial score (nSPS) is 39.1. The van der Waals surface area contributed by atoms with Gasteiger partial charge >= 0.3 is 0 Å². The molecule has 0 radical (unpaired) electrons. The Hall–Kier alpha value is -0.570. The van der Waals surface area contributed by atoms with E-state index in [0.717, 1.165) is 23.9 Å². The average Bonchev–Trinajstić information content (AvgIpc) is 2.91. The molecule has 1 aromatic rings. The van der Waals surface area contributed by atoms with Gasteiger partial charge in [0.05, 0.1) is 0 Å². The van der Waals surface area contributed by atoms with Gasteiger partial charge in [-0.3, -0.25) is 0 Å². The van der Waals surface area contributed by atoms with E-state index in [9.17, 15) is 0 Å². The summed E-state index contributed by atoms with van der Waals surface area (Å²) in [5.74, 6) is 1.70. The van der Waals surface area contributed by atoms with Crippen LogP contribution in [0.25, 0.3) is 0 Å². The first-order chi connectivity index (χ1) is 8.83. The van der Waals surface area contributed by atoms with Crippen molar-refractivity contribution in [3.63, 3.8) is 0 Å². The largest absolute Gasteiger partial charge is 0.328 e. The molecule has 0 aliphatic heterocycles. The highest BCUT2D eigenvalue weighted by Crippen LogP contribution is 2.56. The van der Waals surface area contributed by atoms with Crippen molar-refractivity contribution >= 4 is 12.4 Å². The molecule has 0 spiro atoms. The highest BCUT2D eigenvalue weighted by atomic mass is 35.5. The first-order valence-corrected chi connectivity index (χ1v) is 7.42. The van der Waals surface area contributed by atoms with E-state index in [0.29, 0.717) is 6.04 Å². The van der Waals surface area contributed by atoms with Crippen LogP contribution >= 0.6 is 12.4 Å². The first kappa shape index (κ1) is 13.4. The van der Waals surface area contributed by atoms with Crippen LogP contribution in [-0.2, 0) is 6.42 Å². The lowest BCUT2D eigenvalue weighted by Gasteiger charge is -2.27. The molecule has 3 aliphatic carbocycles. The Balaban J connectivity index is 0.00000110. The first-order valence-electron chi connectivity index (χ1n) is 7.42. The molecule has 0 saturated heterocycles. The summed E-state index contributed by atoms with van der Waals surface area (Å²) in [6.45, 7) is 0. The Labute approximate surface area is 121 Å². The molecular formula is C16H23ClN2. The second-order valence-electron chi connectivity index (χ2n) is 6.40. The zero-order valence-electron chi connectivity index (χ0n) is 11.2. The zero-order valence-corrected chi connectivity index (χ0v) is 12.0. The van der Waals surface area contributed by atoms with Crippen molar-refractivity contribution in [1.82, 2.24) is 5.32 Å². The Morgan fingerprint density at radius 2 is 1.79 bits per heavy atom. The molecule has 4 rings (SSSR count). The monoisotopic (exact) mass is 278 g/mol. The third-order valence-electron chi connectivity index (χ3n) is 5.24. The van der Waals surface area contributed by atoms with E-state index in [1.165, 1.54) is 32.1 Å². The van der Waals surface area contributed by atoms with Gasteiger partial charge in [0.15, 0.2) is 0 Å². The number of rotatable bonds is 2. The molecule has 2 nitrogen and oxygen atoms in total. The molecule has 104 valence electrons. The maximum atomic E-state index is 5.97. The molecule has 0 bridgehead atoms. The number of halogens is 1. The summed E-state index contributed by atoms with van der Waals surface area (Å²) < 4.78 is 0. The van der Waals surface area contributed by atoms with Crippen LogP contribution in [-0.4, -0.2) is 18.1 Å². The summed E-state index contributed by atoms with van der Waals surface area (Å²) in [4.78, 5) is 0. The van der Waals surface area contributed by atoms with Crippen LogP contribution in [0.4, 0.5) is 0 Å². The average molecular weight is 279 g/mol. The molecule has 0 heterocycles. The van der Waals surface area contributed by atoms with Gasteiger partial charge in [-0.25, -0.2) is 0 Å². The predicted molar refractivity (Wildman–Crippen MR) is 80.8 cm³/mol. The number of hydrogen-bond acceptors (Lipinski definition) is 2. The molecule has 0 aromatic heterocycles. The molecular weight excluding hydrogens is 256 g/mol. The highest BCUT2D eigenvalue weighted by Gasteiger charge is 2.55. The van der Waals surface area contributed by atoms with Crippen molar-refractivity contribution in [2.45, 2.75) is 56.1 Å². The van der Waals surface area contributed by atoms with Gasteiger partial charge in [-0.15, -0.1) is 12.4 Å². The number of hydrogen-bond donors (Lipinski definition) is 2. The highest BCUT2D eigenvalue weighted by molar-refractivity contribution is 5.85. The topological polar surface area (TPSA) is 38.0 Å². The minimum Gasteiger partial charge on any atom is -0.328 e. The van der Waals surface area contributed by atoms with Crippen molar-refractivity contribution in [2.75, 3.05) is 0 Å². The van der Waals surface area contributed by atoms with Crippen molar-refractivity contribution in [2.24, 2.45) is 11.7 Å². The molecule has 0 amide bonds. The van der Waals surface area contributed by atoms with Crippen molar-refractivity contribution in [3.8, 4) is 0 Å². The molecule has 0 unspecified atom stereocenters. The van der Waals surface area contributed by atoms with E-state index < -0.39 is 0 Å². The van der Waals surface area contributed by atoms with Gasteiger partial charge in [-0.05, 0) is 49.1 Å². The molecule has 1 aromatic carbocycles. The van der Waals surface area contributed by atoms with Crippen molar-refractivity contribution in [3.05, 3.63) is 35.4 Å². The van der Waals surface area contributed by atoms with Gasteiger partial charge in [0.2, 0.25) is 0 Å². The third kappa shape index (κ3) is 2.31. The number of benzene rings is 1. The number of fused-ring (bicyclic) bond motifs is 3. The Bertz CT molecular complexity index is 454. The molecule has 19 heavy (non-hydrogen) atoms. The van der Waals surface area contributed by atoms with E-state index in [1.807, 2.05) is 0 Å². The summed E-state index contributed by atoms with van der Waals surface area (Å²) in [5, 5.41) is 3.90. The molecule has 2 fully saturated rings. The summed E-state index contributed by atoms with van der Waals surface area (Å²) >= 11 is 0. The summed E-state index contributed by atoms with van der Waals surface area (Å²) in [6.07, 6.45) is 6.26. The zero-order chi connectivity index (χ0) is 12.1. The molecule has 3 atom stereocenters. The molecule has 3 heteroatoms. The van der Waals surface area contributed by atoms with Crippen molar-refractivity contribution < 1.29 is 0 Å². The van der Waals surface area contributed by atoms with E-state index in [-0.39, 0.29) is 12.4 Å². The maximum absolute atomic E-state index is 5.97. The lowest BCUT2D eigenvalue weighted by molar-refractivity contribution is 0.335. The fourth-order valence-corrected chi connectivity index (χ4v) is 4.14. The fourth-order valence-electron chi connectivity index (χ4n) is 4.14. The van der Waals surface area contributed by atoms with Crippen LogP contribution in [0.15, 0.2) is 24.3 Å². The van der Waals surface area contributed by atoms with Gasteiger partial charge in [0.25, 0.3) is 0 Å². The summed E-state index contributed by atoms with van der Waals surface area (Å²) in [5.41, 5.74) is 9.18. The van der Waals surface area contributed by atoms with E-state index >= 15 is 0 Å². The smallest absolute Gasteiger partial charge is 0.0180 e. The maximum Gasteiger partial charge on any atom is 0.0180 e. The number of nitrogens with two attached hydrogens (primary N) is 1. The second-order valence-corrected chi connectivity index (χ2v) is 6.40. The Kier molecular flexibility index (Phi) is 3.59. The van der Waals surface area contributed by atoms with Gasteiger partial charge in [-0.1, -0.05) is 24.3 Å². The predicted octanol–water partition coefficient (Wildman–Crippen LogP) is 2.61.